The van der Waals surface area contributed by atoms with Gasteiger partial charge in [0.2, 0.25) is 10.0 Å². The summed E-state index contributed by atoms with van der Waals surface area (Å²) in [6, 6.07) is 4.15. The van der Waals surface area contributed by atoms with E-state index in [-0.39, 0.29) is 5.75 Å². The van der Waals surface area contributed by atoms with Gasteiger partial charge in [-0.1, -0.05) is 13.0 Å². The van der Waals surface area contributed by atoms with Crippen LogP contribution in [0.25, 0.3) is 0 Å². The van der Waals surface area contributed by atoms with Crippen LogP contribution in [0.5, 0.6) is 0 Å². The van der Waals surface area contributed by atoms with Crippen LogP contribution in [-0.2, 0) is 14.8 Å². The zero-order valence-electron chi connectivity index (χ0n) is 14.2. The predicted octanol–water partition coefficient (Wildman–Crippen LogP) is 0.679. The Kier molecular flexibility index (Phi) is 7.47. The van der Waals surface area contributed by atoms with E-state index >= 15 is 0 Å². The lowest BCUT2D eigenvalue weighted by Gasteiger charge is -2.26. The highest BCUT2D eigenvalue weighted by atomic mass is 32.2. The molecule has 2 rings (SSSR count). The SMILES string of the molecule is CN=C(NCCS(=O)(=O)N1CCOCC1)NCC(C)c1cccs1. The van der Waals surface area contributed by atoms with Crippen molar-refractivity contribution < 1.29 is 13.2 Å². The van der Waals surface area contributed by atoms with Crippen LogP contribution in [0.1, 0.15) is 17.7 Å². The molecule has 0 spiro atoms. The lowest BCUT2D eigenvalue weighted by atomic mass is 10.1. The van der Waals surface area contributed by atoms with Gasteiger partial charge in [0, 0.05) is 44.0 Å². The Hall–Kier alpha value is -1.16. The third-order valence-electron chi connectivity index (χ3n) is 3.84. The van der Waals surface area contributed by atoms with Gasteiger partial charge in [-0.3, -0.25) is 4.99 Å². The van der Waals surface area contributed by atoms with Crippen LogP contribution in [-0.4, -0.2) is 70.9 Å². The van der Waals surface area contributed by atoms with Gasteiger partial charge in [0.1, 0.15) is 0 Å². The van der Waals surface area contributed by atoms with Gasteiger partial charge in [0.05, 0.1) is 19.0 Å². The average Bonchev–Trinajstić information content (AvgIpc) is 3.13. The van der Waals surface area contributed by atoms with Gasteiger partial charge in [-0.2, -0.15) is 4.31 Å². The number of rotatable bonds is 7. The summed E-state index contributed by atoms with van der Waals surface area (Å²) in [7, 11) is -1.56. The second-order valence-corrected chi connectivity index (χ2v) is 8.69. The number of guanidine groups is 1. The second-order valence-electron chi connectivity index (χ2n) is 5.62. The van der Waals surface area contributed by atoms with E-state index in [9.17, 15) is 8.42 Å². The van der Waals surface area contributed by atoms with Crippen molar-refractivity contribution in [1.82, 2.24) is 14.9 Å². The summed E-state index contributed by atoms with van der Waals surface area (Å²) in [6.07, 6.45) is 0. The summed E-state index contributed by atoms with van der Waals surface area (Å²) in [5, 5.41) is 8.38. The van der Waals surface area contributed by atoms with E-state index in [1.807, 2.05) is 6.07 Å². The van der Waals surface area contributed by atoms with E-state index in [4.69, 9.17) is 4.74 Å². The summed E-state index contributed by atoms with van der Waals surface area (Å²) in [5.74, 6) is 1.05. The van der Waals surface area contributed by atoms with Crippen molar-refractivity contribution in [2.45, 2.75) is 12.8 Å². The van der Waals surface area contributed by atoms with Crippen LogP contribution >= 0.6 is 11.3 Å². The van der Waals surface area contributed by atoms with Gasteiger partial charge in [0.15, 0.2) is 5.96 Å². The maximum absolute atomic E-state index is 12.2. The van der Waals surface area contributed by atoms with Crippen molar-refractivity contribution in [2.75, 3.05) is 52.2 Å². The molecule has 1 saturated heterocycles. The molecular formula is C15H26N4O3S2. The fraction of sp³-hybridized carbons (Fsp3) is 0.667. The summed E-state index contributed by atoms with van der Waals surface area (Å²) in [6.45, 7) is 5.03. The first-order valence-electron chi connectivity index (χ1n) is 8.06. The Balaban J connectivity index is 1.73. The number of hydrogen-bond donors (Lipinski definition) is 2. The molecule has 0 amide bonds. The number of morpholine rings is 1. The average molecular weight is 375 g/mol. The van der Waals surface area contributed by atoms with Crippen LogP contribution in [0.3, 0.4) is 0 Å². The minimum absolute atomic E-state index is 0.0498. The monoisotopic (exact) mass is 374 g/mol. The number of ether oxygens (including phenoxy) is 1. The molecule has 1 aromatic heterocycles. The molecule has 7 nitrogen and oxygen atoms in total. The minimum Gasteiger partial charge on any atom is -0.379 e. The maximum Gasteiger partial charge on any atom is 0.215 e. The number of nitrogens with zero attached hydrogens (tertiary/aromatic N) is 2. The van der Waals surface area contributed by atoms with E-state index in [1.165, 1.54) is 9.18 Å². The zero-order valence-corrected chi connectivity index (χ0v) is 15.8. The molecule has 0 radical (unpaired) electrons. The van der Waals surface area contributed by atoms with Crippen molar-refractivity contribution in [2.24, 2.45) is 4.99 Å². The van der Waals surface area contributed by atoms with E-state index < -0.39 is 10.0 Å². The Morgan fingerprint density at radius 1 is 1.42 bits per heavy atom. The first kappa shape index (κ1) is 19.2. The van der Waals surface area contributed by atoms with Crippen LogP contribution in [0.15, 0.2) is 22.5 Å². The molecule has 24 heavy (non-hydrogen) atoms. The molecule has 136 valence electrons. The quantitative estimate of drug-likeness (QED) is 0.542. The first-order valence-corrected chi connectivity index (χ1v) is 10.6. The first-order chi connectivity index (χ1) is 11.5. The van der Waals surface area contributed by atoms with E-state index in [0.29, 0.717) is 44.7 Å². The van der Waals surface area contributed by atoms with Gasteiger partial charge >= 0.3 is 0 Å². The van der Waals surface area contributed by atoms with Crippen LogP contribution in [0, 0.1) is 0 Å². The van der Waals surface area contributed by atoms with Crippen molar-refractivity contribution in [3.8, 4) is 0 Å². The van der Waals surface area contributed by atoms with Gasteiger partial charge in [-0.05, 0) is 11.4 Å². The molecule has 1 atom stereocenters. The van der Waals surface area contributed by atoms with Crippen LogP contribution < -0.4 is 10.6 Å². The molecule has 1 fully saturated rings. The van der Waals surface area contributed by atoms with Gasteiger partial charge < -0.3 is 15.4 Å². The molecule has 1 aliphatic rings. The van der Waals surface area contributed by atoms with Gasteiger partial charge in [-0.25, -0.2) is 8.42 Å². The van der Waals surface area contributed by atoms with Crippen molar-refractivity contribution in [1.29, 1.82) is 0 Å². The number of aliphatic imine (C=N–C) groups is 1. The normalized spacial score (nSPS) is 18.3. The number of nitrogens with one attached hydrogen (secondary N) is 2. The highest BCUT2D eigenvalue weighted by molar-refractivity contribution is 7.89. The minimum atomic E-state index is -3.24. The lowest BCUT2D eigenvalue weighted by molar-refractivity contribution is 0.0730. The van der Waals surface area contributed by atoms with Crippen LogP contribution in [0.2, 0.25) is 0 Å². The van der Waals surface area contributed by atoms with Crippen molar-refractivity contribution in [3.63, 3.8) is 0 Å². The smallest absolute Gasteiger partial charge is 0.215 e. The highest BCUT2D eigenvalue weighted by Gasteiger charge is 2.23. The van der Waals surface area contributed by atoms with E-state index in [0.717, 1.165) is 6.54 Å². The molecule has 0 aromatic carbocycles. The zero-order chi connectivity index (χ0) is 17.4. The molecule has 1 aromatic rings. The predicted molar refractivity (Wildman–Crippen MR) is 98.3 cm³/mol. The molecule has 0 bridgehead atoms. The summed E-state index contributed by atoms with van der Waals surface area (Å²) >= 11 is 1.73. The Morgan fingerprint density at radius 3 is 2.79 bits per heavy atom. The van der Waals surface area contributed by atoms with E-state index in [2.05, 4.69) is 34.0 Å². The topological polar surface area (TPSA) is 83.0 Å². The molecule has 1 aliphatic heterocycles. The largest absolute Gasteiger partial charge is 0.379 e. The Labute approximate surface area is 148 Å². The molecule has 2 N–H and O–H groups in total. The maximum atomic E-state index is 12.2. The van der Waals surface area contributed by atoms with Crippen molar-refractivity contribution >= 4 is 27.3 Å². The Bertz CT molecular complexity index is 611. The molecule has 0 saturated carbocycles. The van der Waals surface area contributed by atoms with Crippen molar-refractivity contribution in [3.05, 3.63) is 22.4 Å². The summed E-state index contributed by atoms with van der Waals surface area (Å²) in [5.41, 5.74) is 0. The Morgan fingerprint density at radius 2 is 2.17 bits per heavy atom. The standard InChI is InChI=1S/C15H26N4O3S2/c1-13(14-4-3-10-23-14)12-18-15(16-2)17-5-11-24(20,21)19-6-8-22-9-7-19/h3-4,10,13H,5-9,11-12H2,1-2H3,(H2,16,17,18). The number of sulfonamides is 1. The summed E-state index contributed by atoms with van der Waals surface area (Å²) in [4.78, 5) is 5.46. The molecule has 1 unspecified atom stereocenters. The van der Waals surface area contributed by atoms with E-state index in [1.54, 1.807) is 18.4 Å². The third-order valence-corrected chi connectivity index (χ3v) is 6.82. The molecule has 9 heteroatoms. The molecule has 2 heterocycles. The van der Waals surface area contributed by atoms with Crippen LogP contribution in [0.4, 0.5) is 0 Å². The highest BCUT2D eigenvalue weighted by Crippen LogP contribution is 2.19. The lowest BCUT2D eigenvalue weighted by Crippen LogP contribution is -2.45. The molecular weight excluding hydrogens is 348 g/mol. The van der Waals surface area contributed by atoms with Gasteiger partial charge in [-0.15, -0.1) is 11.3 Å². The number of hydrogen-bond acceptors (Lipinski definition) is 5. The molecule has 0 aliphatic carbocycles. The summed E-state index contributed by atoms with van der Waals surface area (Å²) < 4.78 is 31.2. The fourth-order valence-corrected chi connectivity index (χ4v) is 4.51. The van der Waals surface area contributed by atoms with Gasteiger partial charge in [0.25, 0.3) is 0 Å². The second kappa shape index (κ2) is 9.36. The third kappa shape index (κ3) is 5.73. The fourth-order valence-electron chi connectivity index (χ4n) is 2.39. The number of thiophene rings is 1.